The Labute approximate surface area is 479 Å². The number of unbranched alkanes of at least 4 members (excludes halogenated alkanes) is 40. The second kappa shape index (κ2) is 58.8. The normalized spacial score (nSPS) is 14.1. The highest BCUT2D eigenvalue weighted by Crippen LogP contribution is 2.43. The van der Waals surface area contributed by atoms with Crippen LogP contribution in [0.2, 0.25) is 0 Å². The molecule has 0 aliphatic rings. The number of nitrogens with zero attached hydrogens (tertiary/aromatic N) is 1. The van der Waals surface area contributed by atoms with Gasteiger partial charge in [-0.1, -0.05) is 299 Å². The van der Waals surface area contributed by atoms with Gasteiger partial charge in [-0.2, -0.15) is 0 Å². The lowest BCUT2D eigenvalue weighted by atomic mass is 10.0. The van der Waals surface area contributed by atoms with Gasteiger partial charge in [-0.15, -0.1) is 0 Å². The molecule has 3 N–H and O–H groups in total. The number of rotatable bonds is 61. The highest BCUT2D eigenvalue weighted by Gasteiger charge is 2.28. The summed E-state index contributed by atoms with van der Waals surface area (Å²) in [6, 6.07) is -0.872. The SMILES string of the molecule is CCCCCCC/C=C\C/C=C\C/C=C\CCCCCCCCCCC(=O)NC(COP(=O)(O)OCC[N+](C)(C)C)C(O)/C=C/CC/C=C/CCCCCCCCCCCCCCCCCCCCCCCCCCCC. The van der Waals surface area contributed by atoms with Crippen LogP contribution in [0.15, 0.2) is 60.8 Å². The Hall–Kier alpha value is -1.80. The quantitative estimate of drug-likeness (QED) is 0.0243. The summed E-state index contributed by atoms with van der Waals surface area (Å²) in [5, 5.41) is 14.0. The Balaban J connectivity index is 4.15. The molecule has 77 heavy (non-hydrogen) atoms. The van der Waals surface area contributed by atoms with E-state index in [2.05, 4.69) is 67.8 Å². The highest BCUT2D eigenvalue weighted by molar-refractivity contribution is 7.47. The predicted octanol–water partition coefficient (Wildman–Crippen LogP) is 20.8. The fourth-order valence-electron chi connectivity index (χ4n) is 9.77. The zero-order valence-electron chi connectivity index (χ0n) is 51.7. The van der Waals surface area contributed by atoms with Gasteiger partial charge in [0, 0.05) is 6.42 Å². The van der Waals surface area contributed by atoms with Gasteiger partial charge in [-0.05, 0) is 70.6 Å². The number of phosphoric ester groups is 1. The standard InChI is InChI=1S/C68H129N2O6P/c1-6-8-10-12-14-16-18-20-22-24-26-28-30-31-32-33-34-35-36-37-38-40-41-43-45-47-49-51-53-55-57-59-61-67(71)66(65-76-77(73,74)75-64-63-70(3,4)5)69-68(72)62-60-58-56-54-52-50-48-46-44-42-39-29-27-25-23-21-19-17-15-13-11-9-7-2/h19,21,25,27,39,42,51,53,59,61,66-67,71H,6-18,20,22-24,26,28-38,40-41,43-50,52,54-58,60,62-65H2,1-5H3,(H-,69,72,73,74)/p+1/b21-19-,27-25-,42-39-,53-51+,61-59+. The van der Waals surface area contributed by atoms with Crippen molar-refractivity contribution < 1.29 is 32.9 Å². The Bertz CT molecular complexity index is 1440. The number of phosphoric acid groups is 1. The summed E-state index contributed by atoms with van der Waals surface area (Å²) < 4.78 is 23.8. The van der Waals surface area contributed by atoms with Gasteiger partial charge in [-0.25, -0.2) is 4.57 Å². The topological polar surface area (TPSA) is 105 Å². The van der Waals surface area contributed by atoms with Crippen LogP contribution in [0.4, 0.5) is 0 Å². The summed E-state index contributed by atoms with van der Waals surface area (Å²) in [5.74, 6) is -0.192. The zero-order chi connectivity index (χ0) is 56.3. The maximum Gasteiger partial charge on any atom is 0.472 e. The van der Waals surface area contributed by atoms with E-state index in [1.54, 1.807) is 6.08 Å². The van der Waals surface area contributed by atoms with E-state index in [9.17, 15) is 19.4 Å². The van der Waals surface area contributed by atoms with E-state index >= 15 is 0 Å². The van der Waals surface area contributed by atoms with E-state index in [4.69, 9.17) is 9.05 Å². The third-order valence-corrected chi connectivity index (χ3v) is 15.9. The molecule has 0 spiro atoms. The molecule has 9 heteroatoms. The molecule has 0 aromatic rings. The Morgan fingerprint density at radius 1 is 0.442 bits per heavy atom. The zero-order valence-corrected chi connectivity index (χ0v) is 52.6. The molecule has 0 bridgehead atoms. The molecule has 0 aromatic heterocycles. The van der Waals surface area contributed by atoms with Crippen molar-refractivity contribution in [3.8, 4) is 0 Å². The minimum Gasteiger partial charge on any atom is -0.387 e. The molecule has 0 saturated carbocycles. The molecule has 1 amide bonds. The summed E-state index contributed by atoms with van der Waals surface area (Å²) in [4.78, 5) is 23.4. The fourth-order valence-corrected chi connectivity index (χ4v) is 10.5. The van der Waals surface area contributed by atoms with Gasteiger partial charge in [0.05, 0.1) is 39.9 Å². The van der Waals surface area contributed by atoms with Gasteiger partial charge >= 0.3 is 7.82 Å². The molecule has 0 saturated heterocycles. The summed E-state index contributed by atoms with van der Waals surface area (Å²) >= 11 is 0. The van der Waals surface area contributed by atoms with Gasteiger partial charge in [0.2, 0.25) is 5.91 Å². The number of carbonyl (C=O) groups is 1. The van der Waals surface area contributed by atoms with E-state index in [0.717, 1.165) is 57.8 Å². The lowest BCUT2D eigenvalue weighted by Gasteiger charge is -2.25. The first-order valence-corrected chi connectivity index (χ1v) is 34.7. The second-order valence-electron chi connectivity index (χ2n) is 23.8. The lowest BCUT2D eigenvalue weighted by molar-refractivity contribution is -0.870. The number of aliphatic hydroxyl groups excluding tert-OH is 1. The molecule has 0 heterocycles. The van der Waals surface area contributed by atoms with Crippen molar-refractivity contribution in [2.75, 3.05) is 40.9 Å². The van der Waals surface area contributed by atoms with Crippen LogP contribution >= 0.6 is 7.82 Å². The molecule has 0 fully saturated rings. The number of allylic oxidation sites excluding steroid dienone is 9. The van der Waals surface area contributed by atoms with E-state index < -0.39 is 20.0 Å². The van der Waals surface area contributed by atoms with E-state index in [1.165, 1.54) is 238 Å². The number of aliphatic hydroxyl groups is 1. The Morgan fingerprint density at radius 3 is 1.13 bits per heavy atom. The molecule has 452 valence electrons. The molecule has 0 rings (SSSR count). The minimum atomic E-state index is -4.36. The smallest absolute Gasteiger partial charge is 0.387 e. The van der Waals surface area contributed by atoms with Gasteiger partial charge in [-0.3, -0.25) is 13.8 Å². The van der Waals surface area contributed by atoms with Crippen molar-refractivity contribution in [3.63, 3.8) is 0 Å². The molecule has 0 aromatic carbocycles. The number of amides is 1. The van der Waals surface area contributed by atoms with Crippen molar-refractivity contribution in [2.24, 2.45) is 0 Å². The van der Waals surface area contributed by atoms with Gasteiger partial charge in [0.25, 0.3) is 0 Å². The van der Waals surface area contributed by atoms with Gasteiger partial charge in [0.15, 0.2) is 0 Å². The molecule has 3 atom stereocenters. The van der Waals surface area contributed by atoms with Crippen LogP contribution in [-0.4, -0.2) is 73.4 Å². The summed E-state index contributed by atoms with van der Waals surface area (Å²) in [6.45, 7) is 4.81. The number of quaternary nitrogens is 1. The average molecular weight is 1100 g/mol. The average Bonchev–Trinajstić information content (AvgIpc) is 3.39. The van der Waals surface area contributed by atoms with Crippen LogP contribution in [-0.2, 0) is 18.4 Å². The third kappa shape index (κ3) is 61.7. The lowest BCUT2D eigenvalue weighted by Crippen LogP contribution is -2.45. The molecule has 0 radical (unpaired) electrons. The van der Waals surface area contributed by atoms with Crippen molar-refractivity contribution in [2.45, 2.75) is 328 Å². The summed E-state index contributed by atoms with van der Waals surface area (Å²) in [6.07, 6.45) is 80.8. The van der Waals surface area contributed by atoms with Crippen LogP contribution in [0.25, 0.3) is 0 Å². The van der Waals surface area contributed by atoms with Gasteiger partial charge < -0.3 is 19.8 Å². The van der Waals surface area contributed by atoms with Crippen LogP contribution in [0.3, 0.4) is 0 Å². The van der Waals surface area contributed by atoms with Crippen molar-refractivity contribution >= 4 is 13.7 Å². The molecular formula is C68H130N2O6P+. The van der Waals surface area contributed by atoms with Gasteiger partial charge in [0.1, 0.15) is 13.2 Å². The van der Waals surface area contributed by atoms with Crippen LogP contribution in [0.1, 0.15) is 316 Å². The van der Waals surface area contributed by atoms with Crippen LogP contribution in [0, 0.1) is 0 Å². The van der Waals surface area contributed by atoms with E-state index in [-0.39, 0.29) is 19.1 Å². The molecule has 8 nitrogen and oxygen atoms in total. The first kappa shape index (κ1) is 75.2. The first-order valence-electron chi connectivity index (χ1n) is 33.2. The number of nitrogens with one attached hydrogen (secondary N) is 1. The van der Waals surface area contributed by atoms with Crippen LogP contribution < -0.4 is 5.32 Å². The summed E-state index contributed by atoms with van der Waals surface area (Å²) in [7, 11) is 1.55. The van der Waals surface area contributed by atoms with Crippen molar-refractivity contribution in [3.05, 3.63) is 60.8 Å². The monoisotopic (exact) mass is 1100 g/mol. The summed E-state index contributed by atoms with van der Waals surface area (Å²) in [5.41, 5.74) is 0. The Morgan fingerprint density at radius 2 is 0.753 bits per heavy atom. The number of hydrogen-bond acceptors (Lipinski definition) is 5. The van der Waals surface area contributed by atoms with Crippen molar-refractivity contribution in [1.29, 1.82) is 0 Å². The second-order valence-corrected chi connectivity index (χ2v) is 25.3. The van der Waals surface area contributed by atoms with Crippen LogP contribution in [0.5, 0.6) is 0 Å². The van der Waals surface area contributed by atoms with E-state index in [0.29, 0.717) is 17.4 Å². The molecule has 0 aliphatic carbocycles. The fraction of sp³-hybridized carbons (Fsp3) is 0.838. The maximum atomic E-state index is 13.0. The Kier molecular flexibility index (Phi) is 57.5. The van der Waals surface area contributed by atoms with Crippen molar-refractivity contribution in [1.82, 2.24) is 5.32 Å². The third-order valence-electron chi connectivity index (χ3n) is 15.0. The maximum absolute atomic E-state index is 13.0. The number of likely N-dealkylation sites (N-methyl/N-ethyl adjacent to an activating group) is 1. The number of hydrogen-bond donors (Lipinski definition) is 3. The minimum absolute atomic E-state index is 0.0529. The van der Waals surface area contributed by atoms with E-state index in [1.807, 2.05) is 27.2 Å². The highest BCUT2D eigenvalue weighted by atomic mass is 31.2. The molecular weight excluding hydrogens is 972 g/mol. The number of carbonyl (C=O) groups excluding carboxylic acids is 1. The predicted molar refractivity (Wildman–Crippen MR) is 337 cm³/mol. The first-order chi connectivity index (χ1) is 37.5. The molecule has 3 unspecified atom stereocenters. The largest absolute Gasteiger partial charge is 0.472 e. The molecule has 0 aliphatic heterocycles.